The number of likely N-dealkylation sites (N-methyl/N-ethyl adjacent to an activating group) is 1. The Hall–Kier alpha value is -0.770. The fraction of sp³-hybridized carbons (Fsp3) is 0.500. The Morgan fingerprint density at radius 3 is 2.81 bits per heavy atom. The highest BCUT2D eigenvalue weighted by Gasteiger charge is 2.27. The summed E-state index contributed by atoms with van der Waals surface area (Å²) >= 11 is 3.35. The molecule has 1 atom stereocenters. The summed E-state index contributed by atoms with van der Waals surface area (Å²) in [5.74, 6) is 0.936. The molecule has 88 valence electrons. The summed E-state index contributed by atoms with van der Waals surface area (Å²) in [6.07, 6.45) is 0.152. The molecular weight excluding hydrogens is 273 g/mol. The highest BCUT2D eigenvalue weighted by molar-refractivity contribution is 9.10. The van der Waals surface area contributed by atoms with Crippen molar-refractivity contribution < 1.29 is 9.13 Å². The van der Waals surface area contributed by atoms with Crippen LogP contribution < -0.4 is 9.64 Å². The summed E-state index contributed by atoms with van der Waals surface area (Å²) in [5, 5.41) is 0. The molecule has 1 heterocycles. The van der Waals surface area contributed by atoms with Crippen LogP contribution in [0, 0.1) is 11.7 Å². The summed E-state index contributed by atoms with van der Waals surface area (Å²) < 4.78 is 19.8. The monoisotopic (exact) mass is 287 g/mol. The average Bonchev–Trinajstić information content (AvgIpc) is 2.19. The normalized spacial score (nSPS) is 19.6. The summed E-state index contributed by atoms with van der Waals surface area (Å²) in [6, 6.07) is 2.95. The van der Waals surface area contributed by atoms with E-state index in [0.717, 1.165) is 18.0 Å². The van der Waals surface area contributed by atoms with E-state index in [1.54, 1.807) is 0 Å². The number of hydrogen-bond acceptors (Lipinski definition) is 2. The standard InChI is InChI=1S/C12H15BrFNO/c1-7(2)11-6-15(3)10-5-8(14)4-9(13)12(10)16-11/h4-5,7,11H,6H2,1-3H3/t11-/m0/s1. The summed E-state index contributed by atoms with van der Waals surface area (Å²) in [4.78, 5) is 2.04. The van der Waals surface area contributed by atoms with E-state index in [4.69, 9.17) is 4.74 Å². The zero-order chi connectivity index (χ0) is 11.9. The number of anilines is 1. The first-order valence-electron chi connectivity index (χ1n) is 5.36. The van der Waals surface area contributed by atoms with Crippen LogP contribution in [0.5, 0.6) is 5.75 Å². The van der Waals surface area contributed by atoms with Crippen molar-refractivity contribution in [3.63, 3.8) is 0 Å². The van der Waals surface area contributed by atoms with Gasteiger partial charge in [-0.25, -0.2) is 4.39 Å². The van der Waals surface area contributed by atoms with E-state index in [1.807, 2.05) is 11.9 Å². The van der Waals surface area contributed by atoms with Gasteiger partial charge in [0, 0.05) is 13.1 Å². The lowest BCUT2D eigenvalue weighted by Gasteiger charge is -2.36. The third kappa shape index (κ3) is 2.03. The van der Waals surface area contributed by atoms with E-state index in [0.29, 0.717) is 10.4 Å². The summed E-state index contributed by atoms with van der Waals surface area (Å²) in [5.41, 5.74) is 0.809. The smallest absolute Gasteiger partial charge is 0.157 e. The Morgan fingerprint density at radius 1 is 1.50 bits per heavy atom. The fourth-order valence-electron chi connectivity index (χ4n) is 1.85. The molecule has 0 fully saturated rings. The number of hydrogen-bond donors (Lipinski definition) is 0. The molecule has 2 nitrogen and oxygen atoms in total. The molecule has 4 heteroatoms. The number of rotatable bonds is 1. The zero-order valence-electron chi connectivity index (χ0n) is 9.63. The summed E-state index contributed by atoms with van der Waals surface area (Å²) in [7, 11) is 1.96. The number of fused-ring (bicyclic) bond motifs is 1. The fourth-order valence-corrected chi connectivity index (χ4v) is 2.37. The SMILES string of the molecule is CC(C)[C@@H]1CN(C)c2cc(F)cc(Br)c2O1. The topological polar surface area (TPSA) is 12.5 Å². The molecule has 0 radical (unpaired) electrons. The van der Waals surface area contributed by atoms with E-state index in [9.17, 15) is 4.39 Å². The van der Waals surface area contributed by atoms with E-state index < -0.39 is 0 Å². The highest BCUT2D eigenvalue weighted by Crippen LogP contribution is 2.40. The van der Waals surface area contributed by atoms with Crippen LogP contribution in [0.2, 0.25) is 0 Å². The van der Waals surface area contributed by atoms with Crippen molar-refractivity contribution in [1.82, 2.24) is 0 Å². The second-order valence-electron chi connectivity index (χ2n) is 4.52. The Morgan fingerprint density at radius 2 is 2.19 bits per heavy atom. The predicted molar refractivity (Wildman–Crippen MR) is 66.6 cm³/mol. The van der Waals surface area contributed by atoms with Crippen molar-refractivity contribution >= 4 is 21.6 Å². The van der Waals surface area contributed by atoms with E-state index in [-0.39, 0.29) is 11.9 Å². The van der Waals surface area contributed by atoms with Crippen molar-refractivity contribution in [2.75, 3.05) is 18.5 Å². The van der Waals surface area contributed by atoms with Crippen LogP contribution in [0.25, 0.3) is 0 Å². The number of nitrogens with zero attached hydrogens (tertiary/aromatic N) is 1. The van der Waals surface area contributed by atoms with Crippen molar-refractivity contribution in [1.29, 1.82) is 0 Å². The zero-order valence-corrected chi connectivity index (χ0v) is 11.2. The van der Waals surface area contributed by atoms with Gasteiger partial charge in [-0.3, -0.25) is 0 Å². The molecule has 0 aliphatic carbocycles. The van der Waals surface area contributed by atoms with Gasteiger partial charge in [-0.15, -0.1) is 0 Å². The third-order valence-electron chi connectivity index (χ3n) is 2.87. The lowest BCUT2D eigenvalue weighted by atomic mass is 10.0. The Balaban J connectivity index is 2.42. The van der Waals surface area contributed by atoms with Crippen LogP contribution in [-0.2, 0) is 0 Å². The minimum Gasteiger partial charge on any atom is -0.485 e. The van der Waals surface area contributed by atoms with Crippen LogP contribution in [0.1, 0.15) is 13.8 Å². The van der Waals surface area contributed by atoms with Crippen LogP contribution in [0.15, 0.2) is 16.6 Å². The van der Waals surface area contributed by atoms with E-state index in [2.05, 4.69) is 29.8 Å². The second-order valence-corrected chi connectivity index (χ2v) is 5.37. The van der Waals surface area contributed by atoms with Crippen molar-refractivity contribution in [3.05, 3.63) is 22.4 Å². The van der Waals surface area contributed by atoms with Crippen LogP contribution in [0.3, 0.4) is 0 Å². The maximum atomic E-state index is 13.3. The quantitative estimate of drug-likeness (QED) is 0.785. The number of halogens is 2. The highest BCUT2D eigenvalue weighted by atomic mass is 79.9. The van der Waals surface area contributed by atoms with Gasteiger partial charge >= 0.3 is 0 Å². The molecule has 1 aromatic rings. The van der Waals surface area contributed by atoms with Crippen LogP contribution >= 0.6 is 15.9 Å². The summed E-state index contributed by atoms with van der Waals surface area (Å²) in [6.45, 7) is 5.04. The Labute approximate surface area is 104 Å². The van der Waals surface area contributed by atoms with Crippen molar-refractivity contribution in [2.24, 2.45) is 5.92 Å². The molecule has 0 spiro atoms. The van der Waals surface area contributed by atoms with Gasteiger partial charge in [0.1, 0.15) is 11.9 Å². The second kappa shape index (κ2) is 4.24. The molecule has 0 amide bonds. The molecule has 2 rings (SSSR count). The predicted octanol–water partition coefficient (Wildman–Crippen LogP) is 3.44. The van der Waals surface area contributed by atoms with Gasteiger partial charge in [0.2, 0.25) is 0 Å². The van der Waals surface area contributed by atoms with Gasteiger partial charge in [0.15, 0.2) is 5.75 Å². The Bertz CT molecular complexity index is 408. The number of ether oxygens (including phenoxy) is 1. The largest absolute Gasteiger partial charge is 0.485 e. The van der Waals surface area contributed by atoms with Gasteiger partial charge in [0.05, 0.1) is 16.7 Å². The van der Waals surface area contributed by atoms with Crippen molar-refractivity contribution in [2.45, 2.75) is 20.0 Å². The molecule has 0 saturated carbocycles. The van der Waals surface area contributed by atoms with E-state index in [1.165, 1.54) is 12.1 Å². The molecule has 0 N–H and O–H groups in total. The van der Waals surface area contributed by atoms with Gasteiger partial charge < -0.3 is 9.64 Å². The third-order valence-corrected chi connectivity index (χ3v) is 3.46. The molecule has 0 aromatic heterocycles. The maximum Gasteiger partial charge on any atom is 0.157 e. The van der Waals surface area contributed by atoms with Crippen LogP contribution in [0.4, 0.5) is 10.1 Å². The first-order valence-corrected chi connectivity index (χ1v) is 6.15. The molecule has 1 aliphatic rings. The van der Waals surface area contributed by atoms with Gasteiger partial charge in [0.25, 0.3) is 0 Å². The molecular formula is C12H15BrFNO. The Kier molecular flexibility index (Phi) is 3.10. The number of benzene rings is 1. The molecule has 0 unspecified atom stereocenters. The van der Waals surface area contributed by atoms with E-state index >= 15 is 0 Å². The minimum atomic E-state index is -0.246. The molecule has 0 bridgehead atoms. The first kappa shape index (κ1) is 11.7. The minimum absolute atomic E-state index is 0.152. The molecule has 1 aliphatic heterocycles. The maximum absolute atomic E-state index is 13.3. The molecule has 0 saturated heterocycles. The lowest BCUT2D eigenvalue weighted by molar-refractivity contribution is 0.146. The van der Waals surface area contributed by atoms with Crippen molar-refractivity contribution in [3.8, 4) is 5.75 Å². The first-order chi connectivity index (χ1) is 7.49. The van der Waals surface area contributed by atoms with Crippen LogP contribution in [-0.4, -0.2) is 19.7 Å². The molecule has 1 aromatic carbocycles. The van der Waals surface area contributed by atoms with Gasteiger partial charge in [-0.05, 0) is 27.9 Å². The average molecular weight is 288 g/mol. The van der Waals surface area contributed by atoms with Gasteiger partial charge in [-0.2, -0.15) is 0 Å². The lowest BCUT2D eigenvalue weighted by Crippen LogP contribution is -2.40. The van der Waals surface area contributed by atoms with Gasteiger partial charge in [-0.1, -0.05) is 13.8 Å². The molecule has 16 heavy (non-hydrogen) atoms.